The van der Waals surface area contributed by atoms with E-state index in [9.17, 15) is 4.79 Å². The molecule has 1 saturated heterocycles. The van der Waals surface area contributed by atoms with Crippen molar-refractivity contribution in [2.75, 3.05) is 11.1 Å². The number of rotatable bonds is 2. The van der Waals surface area contributed by atoms with Crippen LogP contribution in [0.15, 0.2) is 22.7 Å². The number of anilines is 1. The monoisotopic (exact) mass is 333 g/mol. The van der Waals surface area contributed by atoms with Crippen LogP contribution in [0.2, 0.25) is 5.02 Å². The summed E-state index contributed by atoms with van der Waals surface area (Å²) in [4.78, 5) is 12.0. The maximum Gasteiger partial charge on any atom is 0.237 e. The maximum absolute atomic E-state index is 12.0. The van der Waals surface area contributed by atoms with Gasteiger partial charge in [0.2, 0.25) is 5.91 Å². The number of carbonyl (C=O) groups excluding carboxylic acids is 1. The number of halogens is 2. The van der Waals surface area contributed by atoms with E-state index >= 15 is 0 Å². The Hall–Kier alpha value is -0.190. The lowest BCUT2D eigenvalue weighted by atomic mass is 10.2. The predicted molar refractivity (Wildman–Crippen MR) is 77.9 cm³/mol. The first-order valence-corrected chi connectivity index (χ1v) is 7.76. The Labute approximate surface area is 119 Å². The number of carbonyl (C=O) groups is 1. The van der Waals surface area contributed by atoms with E-state index in [0.717, 1.165) is 23.1 Å². The van der Waals surface area contributed by atoms with Crippen molar-refractivity contribution in [2.24, 2.45) is 0 Å². The van der Waals surface area contributed by atoms with Crippen LogP contribution in [0.5, 0.6) is 0 Å². The average Bonchev–Trinajstić information content (AvgIpc) is 2.35. The lowest BCUT2D eigenvalue weighted by molar-refractivity contribution is -0.115. The summed E-state index contributed by atoms with van der Waals surface area (Å²) in [5.41, 5.74) is 0.678. The van der Waals surface area contributed by atoms with Crippen molar-refractivity contribution in [3.8, 4) is 0 Å². The molecule has 2 nitrogen and oxygen atoms in total. The molecule has 1 aromatic rings. The minimum Gasteiger partial charge on any atom is -0.324 e. The van der Waals surface area contributed by atoms with Crippen molar-refractivity contribution < 1.29 is 4.79 Å². The molecule has 1 aromatic carbocycles. The van der Waals surface area contributed by atoms with Crippen molar-refractivity contribution in [3.05, 3.63) is 27.7 Å². The fourth-order valence-electron chi connectivity index (χ4n) is 1.75. The van der Waals surface area contributed by atoms with E-state index in [1.54, 1.807) is 17.8 Å². The fraction of sp³-hybridized carbons (Fsp3) is 0.417. The summed E-state index contributed by atoms with van der Waals surface area (Å²) in [6, 6.07) is 5.45. The Morgan fingerprint density at radius 1 is 1.47 bits per heavy atom. The van der Waals surface area contributed by atoms with Crippen LogP contribution in [0.1, 0.15) is 19.3 Å². The molecule has 0 radical (unpaired) electrons. The van der Waals surface area contributed by atoms with Gasteiger partial charge in [-0.05, 0) is 36.8 Å². The van der Waals surface area contributed by atoms with Gasteiger partial charge in [0, 0.05) is 4.47 Å². The molecule has 17 heavy (non-hydrogen) atoms. The summed E-state index contributed by atoms with van der Waals surface area (Å²) in [5, 5.41) is 3.54. The molecule has 0 aliphatic carbocycles. The SMILES string of the molecule is O=C(Nc1cc(Br)ccc1Cl)C1CCCCS1. The van der Waals surface area contributed by atoms with Gasteiger partial charge in [0.05, 0.1) is 16.0 Å². The van der Waals surface area contributed by atoms with Gasteiger partial charge in [-0.15, -0.1) is 11.8 Å². The van der Waals surface area contributed by atoms with Crippen molar-refractivity contribution in [1.82, 2.24) is 0 Å². The average molecular weight is 335 g/mol. The molecule has 1 aliphatic heterocycles. The van der Waals surface area contributed by atoms with Gasteiger partial charge in [-0.2, -0.15) is 0 Å². The topological polar surface area (TPSA) is 29.1 Å². The number of hydrogen-bond donors (Lipinski definition) is 1. The first-order valence-electron chi connectivity index (χ1n) is 5.54. The largest absolute Gasteiger partial charge is 0.324 e. The van der Waals surface area contributed by atoms with Crippen LogP contribution in [0.25, 0.3) is 0 Å². The first kappa shape index (κ1) is 13.2. The van der Waals surface area contributed by atoms with E-state index < -0.39 is 0 Å². The van der Waals surface area contributed by atoms with Gasteiger partial charge in [-0.25, -0.2) is 0 Å². The second-order valence-electron chi connectivity index (χ2n) is 3.97. The predicted octanol–water partition coefficient (Wildman–Crippen LogP) is 4.33. The minimum atomic E-state index is 0.0645. The van der Waals surface area contributed by atoms with Crippen LogP contribution in [0, 0.1) is 0 Å². The summed E-state index contributed by atoms with van der Waals surface area (Å²) >= 11 is 11.1. The zero-order valence-electron chi connectivity index (χ0n) is 9.21. The van der Waals surface area contributed by atoms with Gasteiger partial charge in [-0.3, -0.25) is 4.79 Å². The summed E-state index contributed by atoms with van der Waals surface area (Å²) in [6.45, 7) is 0. The van der Waals surface area contributed by atoms with Crippen LogP contribution in [0.3, 0.4) is 0 Å². The van der Waals surface area contributed by atoms with Gasteiger partial charge in [0.1, 0.15) is 0 Å². The molecule has 5 heteroatoms. The Balaban J connectivity index is 2.04. The summed E-state index contributed by atoms with van der Waals surface area (Å²) in [7, 11) is 0. The summed E-state index contributed by atoms with van der Waals surface area (Å²) in [5.74, 6) is 1.14. The van der Waals surface area contributed by atoms with Gasteiger partial charge in [-0.1, -0.05) is 34.0 Å². The first-order chi connectivity index (χ1) is 8.16. The quantitative estimate of drug-likeness (QED) is 0.872. The molecule has 2 rings (SSSR count). The van der Waals surface area contributed by atoms with E-state index in [-0.39, 0.29) is 11.2 Å². The van der Waals surface area contributed by atoms with E-state index in [1.165, 1.54) is 6.42 Å². The third-order valence-electron chi connectivity index (χ3n) is 2.66. The van der Waals surface area contributed by atoms with Gasteiger partial charge >= 0.3 is 0 Å². The molecule has 0 aromatic heterocycles. The Morgan fingerprint density at radius 3 is 3.00 bits per heavy atom. The Morgan fingerprint density at radius 2 is 2.29 bits per heavy atom. The molecule has 1 fully saturated rings. The van der Waals surface area contributed by atoms with Crippen LogP contribution in [-0.2, 0) is 4.79 Å². The molecule has 1 aliphatic rings. The van der Waals surface area contributed by atoms with Crippen molar-refractivity contribution >= 4 is 50.9 Å². The van der Waals surface area contributed by atoms with E-state index in [2.05, 4.69) is 21.2 Å². The highest BCUT2D eigenvalue weighted by Gasteiger charge is 2.22. The van der Waals surface area contributed by atoms with Crippen LogP contribution in [0.4, 0.5) is 5.69 Å². The van der Waals surface area contributed by atoms with Gasteiger partial charge in [0.25, 0.3) is 0 Å². The Kier molecular flexibility index (Phi) is 4.77. The van der Waals surface area contributed by atoms with E-state index in [1.807, 2.05) is 12.1 Å². The van der Waals surface area contributed by atoms with E-state index in [0.29, 0.717) is 10.7 Å². The van der Waals surface area contributed by atoms with Crippen LogP contribution < -0.4 is 5.32 Å². The Bertz CT molecular complexity index is 421. The molecule has 0 spiro atoms. The lowest BCUT2D eigenvalue weighted by Gasteiger charge is -2.20. The number of nitrogens with one attached hydrogen (secondary N) is 1. The van der Waals surface area contributed by atoms with Crippen molar-refractivity contribution in [2.45, 2.75) is 24.5 Å². The second kappa shape index (κ2) is 6.12. The molecule has 0 saturated carbocycles. The molecule has 1 N–H and O–H groups in total. The molecule has 1 atom stereocenters. The third-order valence-corrected chi connectivity index (χ3v) is 4.86. The molecule has 1 unspecified atom stereocenters. The highest BCUT2D eigenvalue weighted by molar-refractivity contribution is 9.10. The van der Waals surface area contributed by atoms with Crippen LogP contribution >= 0.6 is 39.3 Å². The number of hydrogen-bond acceptors (Lipinski definition) is 2. The standard InChI is InChI=1S/C12H13BrClNOS/c13-8-4-5-9(14)10(7-8)15-12(16)11-3-1-2-6-17-11/h4-5,7,11H,1-3,6H2,(H,15,16). The third kappa shape index (κ3) is 3.63. The maximum atomic E-state index is 12.0. The van der Waals surface area contributed by atoms with Gasteiger partial charge in [0.15, 0.2) is 0 Å². The normalized spacial score (nSPS) is 20.0. The molecular weight excluding hydrogens is 322 g/mol. The molecule has 92 valence electrons. The molecule has 0 bridgehead atoms. The number of thioether (sulfide) groups is 1. The lowest BCUT2D eigenvalue weighted by Crippen LogP contribution is -2.27. The van der Waals surface area contributed by atoms with Crippen molar-refractivity contribution in [1.29, 1.82) is 0 Å². The summed E-state index contributed by atoms with van der Waals surface area (Å²) < 4.78 is 0.911. The highest BCUT2D eigenvalue weighted by atomic mass is 79.9. The van der Waals surface area contributed by atoms with Gasteiger partial charge < -0.3 is 5.32 Å². The molecular formula is C12H13BrClNOS. The second-order valence-corrected chi connectivity index (χ2v) is 6.60. The molecule has 1 amide bonds. The minimum absolute atomic E-state index is 0.0645. The number of benzene rings is 1. The summed E-state index contributed by atoms with van der Waals surface area (Å²) in [6.07, 6.45) is 3.31. The van der Waals surface area contributed by atoms with E-state index in [4.69, 9.17) is 11.6 Å². The smallest absolute Gasteiger partial charge is 0.237 e. The molecule has 1 heterocycles. The zero-order valence-corrected chi connectivity index (χ0v) is 12.4. The zero-order chi connectivity index (χ0) is 12.3. The van der Waals surface area contributed by atoms with Crippen LogP contribution in [-0.4, -0.2) is 16.9 Å². The fourth-order valence-corrected chi connectivity index (χ4v) is 3.48. The highest BCUT2D eigenvalue weighted by Crippen LogP contribution is 2.29. The van der Waals surface area contributed by atoms with Crippen molar-refractivity contribution in [3.63, 3.8) is 0 Å². The number of amides is 1.